The molecule has 12 nitrogen and oxygen atoms in total. The number of primary amides is 1. The van der Waals surface area contributed by atoms with E-state index in [0.717, 1.165) is 0 Å². The maximum atomic E-state index is 13.5. The van der Waals surface area contributed by atoms with Gasteiger partial charge in [0.2, 0.25) is 23.6 Å². The monoisotopic (exact) mass is 555 g/mol. The highest BCUT2D eigenvalue weighted by Crippen LogP contribution is 2.13. The zero-order valence-electron chi connectivity index (χ0n) is 22.5. The molecule has 4 unspecified atom stereocenters. The van der Waals surface area contributed by atoms with E-state index in [1.807, 2.05) is 13.8 Å². The SMILES string of the molecule is CC(C)CC(NC(=O)C(Cc1ccc(O)cc1)NC(=O)C(Cc1ccccc1)NC(=O)C(N)CC(N)=O)C(=O)O. The van der Waals surface area contributed by atoms with Crippen LogP contribution in [0, 0.1) is 5.92 Å². The molecular formula is C28H37N5O7. The molecular weight excluding hydrogens is 518 g/mol. The van der Waals surface area contributed by atoms with Crippen LogP contribution in [0.5, 0.6) is 5.75 Å². The number of nitrogens with one attached hydrogen (secondary N) is 3. The average Bonchev–Trinajstić information content (AvgIpc) is 2.88. The quantitative estimate of drug-likeness (QED) is 0.158. The van der Waals surface area contributed by atoms with Crippen LogP contribution in [0.15, 0.2) is 54.6 Å². The number of hydrogen-bond acceptors (Lipinski definition) is 7. The van der Waals surface area contributed by atoms with E-state index in [1.54, 1.807) is 42.5 Å². The van der Waals surface area contributed by atoms with Gasteiger partial charge in [-0.25, -0.2) is 4.79 Å². The Labute approximate surface area is 232 Å². The summed E-state index contributed by atoms with van der Waals surface area (Å²) in [4.78, 5) is 62.4. The van der Waals surface area contributed by atoms with Gasteiger partial charge in [-0.2, -0.15) is 0 Å². The zero-order chi connectivity index (χ0) is 29.8. The van der Waals surface area contributed by atoms with Crippen molar-refractivity contribution < 1.29 is 34.2 Å². The van der Waals surface area contributed by atoms with Gasteiger partial charge in [-0.1, -0.05) is 56.3 Å². The minimum atomic E-state index is -1.29. The maximum Gasteiger partial charge on any atom is 0.326 e. The van der Waals surface area contributed by atoms with Gasteiger partial charge in [0.25, 0.3) is 0 Å². The van der Waals surface area contributed by atoms with E-state index in [2.05, 4.69) is 16.0 Å². The molecule has 0 aliphatic rings. The van der Waals surface area contributed by atoms with Crippen molar-refractivity contribution in [2.45, 2.75) is 63.7 Å². The van der Waals surface area contributed by atoms with Crippen LogP contribution in [0.25, 0.3) is 0 Å². The minimum absolute atomic E-state index is 0.00889. The summed E-state index contributed by atoms with van der Waals surface area (Å²) in [5.41, 5.74) is 12.2. The van der Waals surface area contributed by atoms with Crippen molar-refractivity contribution in [3.8, 4) is 5.75 Å². The maximum absolute atomic E-state index is 13.5. The Hall–Kier alpha value is -4.45. The van der Waals surface area contributed by atoms with Crippen LogP contribution in [0.1, 0.15) is 37.8 Å². The Morgan fingerprint density at radius 1 is 0.750 bits per heavy atom. The van der Waals surface area contributed by atoms with Gasteiger partial charge in [0.05, 0.1) is 12.5 Å². The predicted octanol–water partition coefficient (Wildman–Crippen LogP) is -0.0348. The fourth-order valence-corrected chi connectivity index (χ4v) is 3.96. The van der Waals surface area contributed by atoms with E-state index in [-0.39, 0.29) is 30.9 Å². The lowest BCUT2D eigenvalue weighted by Crippen LogP contribution is -2.58. The number of carboxylic acids is 1. The molecule has 4 atom stereocenters. The molecule has 0 aliphatic carbocycles. The number of carbonyl (C=O) groups is 5. The van der Waals surface area contributed by atoms with Crippen molar-refractivity contribution in [3.05, 3.63) is 65.7 Å². The number of aromatic hydroxyl groups is 1. The minimum Gasteiger partial charge on any atom is -0.508 e. The van der Waals surface area contributed by atoms with Crippen LogP contribution in [-0.2, 0) is 36.8 Å². The summed E-state index contributed by atoms with van der Waals surface area (Å²) < 4.78 is 0. The third kappa shape index (κ3) is 10.7. The molecule has 2 rings (SSSR count). The Morgan fingerprint density at radius 3 is 1.70 bits per heavy atom. The number of benzene rings is 2. The highest BCUT2D eigenvalue weighted by molar-refractivity contribution is 5.95. The number of phenols is 1. The number of aliphatic carboxylic acids is 1. The van der Waals surface area contributed by atoms with Crippen molar-refractivity contribution in [1.82, 2.24) is 16.0 Å². The van der Waals surface area contributed by atoms with Gasteiger partial charge in [-0.15, -0.1) is 0 Å². The van der Waals surface area contributed by atoms with Crippen LogP contribution >= 0.6 is 0 Å². The number of amides is 4. The number of phenolic OH excluding ortho intramolecular Hbond substituents is 1. The van der Waals surface area contributed by atoms with Crippen molar-refractivity contribution in [2.75, 3.05) is 0 Å². The second kappa shape index (κ2) is 15.2. The Kier molecular flexibility index (Phi) is 12.1. The number of carbonyl (C=O) groups excluding carboxylic acids is 4. The molecule has 40 heavy (non-hydrogen) atoms. The summed E-state index contributed by atoms with van der Waals surface area (Å²) in [6.07, 6.45) is -0.241. The van der Waals surface area contributed by atoms with E-state index in [4.69, 9.17) is 11.5 Å². The van der Waals surface area contributed by atoms with Gasteiger partial charge in [0.15, 0.2) is 0 Å². The smallest absolute Gasteiger partial charge is 0.326 e. The van der Waals surface area contributed by atoms with Crippen LogP contribution in [-0.4, -0.2) is 64.0 Å². The fraction of sp³-hybridized carbons (Fsp3) is 0.393. The number of nitrogens with two attached hydrogens (primary N) is 2. The van der Waals surface area contributed by atoms with Crippen molar-refractivity contribution in [3.63, 3.8) is 0 Å². The topological polar surface area (TPSA) is 214 Å². The standard InChI is InChI=1S/C28H37N5O7/c1-16(2)12-23(28(39)40)33-27(38)22(14-18-8-10-19(34)11-9-18)32-26(37)21(13-17-6-4-3-5-7-17)31-25(36)20(29)15-24(30)35/h3-11,16,20-23,34H,12-15,29H2,1-2H3,(H2,30,35)(H,31,36)(H,32,37)(H,33,38)(H,39,40). The third-order valence-electron chi connectivity index (χ3n) is 6.00. The van der Waals surface area contributed by atoms with Gasteiger partial charge < -0.3 is 37.6 Å². The van der Waals surface area contributed by atoms with Gasteiger partial charge in [0, 0.05) is 12.8 Å². The van der Waals surface area contributed by atoms with E-state index in [0.29, 0.717) is 11.1 Å². The van der Waals surface area contributed by atoms with Crippen LogP contribution in [0.4, 0.5) is 0 Å². The molecule has 9 N–H and O–H groups in total. The van der Waals surface area contributed by atoms with Crippen molar-refractivity contribution >= 4 is 29.6 Å². The summed E-state index contributed by atoms with van der Waals surface area (Å²) in [7, 11) is 0. The molecule has 0 aliphatic heterocycles. The number of rotatable bonds is 15. The van der Waals surface area contributed by atoms with Crippen molar-refractivity contribution in [1.29, 1.82) is 0 Å². The normalized spacial score (nSPS) is 13.9. The molecule has 0 fully saturated rings. The first-order chi connectivity index (χ1) is 18.8. The van der Waals surface area contributed by atoms with E-state index in [9.17, 15) is 34.2 Å². The van der Waals surface area contributed by atoms with E-state index < -0.39 is 60.2 Å². The predicted molar refractivity (Wildman–Crippen MR) is 147 cm³/mol. The molecule has 4 amide bonds. The van der Waals surface area contributed by atoms with E-state index >= 15 is 0 Å². The molecule has 0 spiro atoms. The van der Waals surface area contributed by atoms with Crippen LogP contribution in [0.3, 0.4) is 0 Å². The first-order valence-corrected chi connectivity index (χ1v) is 12.8. The number of hydrogen-bond donors (Lipinski definition) is 7. The highest BCUT2D eigenvalue weighted by Gasteiger charge is 2.31. The van der Waals surface area contributed by atoms with Crippen LogP contribution < -0.4 is 27.4 Å². The van der Waals surface area contributed by atoms with Crippen molar-refractivity contribution in [2.24, 2.45) is 17.4 Å². The highest BCUT2D eigenvalue weighted by atomic mass is 16.4. The lowest BCUT2D eigenvalue weighted by molar-refractivity contribution is -0.142. The molecule has 0 saturated carbocycles. The second-order valence-electron chi connectivity index (χ2n) is 9.99. The van der Waals surface area contributed by atoms with Gasteiger partial charge in [-0.05, 0) is 35.6 Å². The summed E-state index contributed by atoms with van der Waals surface area (Å²) >= 11 is 0. The second-order valence-corrected chi connectivity index (χ2v) is 9.99. The lowest BCUT2D eigenvalue weighted by atomic mass is 10.0. The average molecular weight is 556 g/mol. The summed E-state index contributed by atoms with van der Waals surface area (Å²) in [6, 6.07) is 9.90. The fourth-order valence-electron chi connectivity index (χ4n) is 3.96. The van der Waals surface area contributed by atoms with Gasteiger partial charge >= 0.3 is 5.97 Å². The first kappa shape index (κ1) is 31.8. The molecule has 0 heterocycles. The molecule has 216 valence electrons. The molecule has 0 bridgehead atoms. The lowest BCUT2D eigenvalue weighted by Gasteiger charge is -2.26. The van der Waals surface area contributed by atoms with E-state index in [1.165, 1.54) is 12.1 Å². The summed E-state index contributed by atoms with van der Waals surface area (Å²) in [5, 5.41) is 26.9. The third-order valence-corrected chi connectivity index (χ3v) is 6.00. The molecule has 12 heteroatoms. The molecule has 2 aromatic carbocycles. The Morgan fingerprint density at radius 2 is 1.23 bits per heavy atom. The van der Waals surface area contributed by atoms with Crippen LogP contribution in [0.2, 0.25) is 0 Å². The molecule has 2 aromatic rings. The molecule has 0 aromatic heterocycles. The number of carboxylic acid groups (broad SMARTS) is 1. The molecule has 0 radical (unpaired) electrons. The zero-order valence-corrected chi connectivity index (χ0v) is 22.5. The Bertz CT molecular complexity index is 1170. The van der Waals surface area contributed by atoms with Gasteiger partial charge in [0.1, 0.15) is 23.9 Å². The summed E-state index contributed by atoms with van der Waals surface area (Å²) in [5.74, 6) is -4.25. The molecule has 0 saturated heterocycles. The first-order valence-electron chi connectivity index (χ1n) is 12.8. The van der Waals surface area contributed by atoms with Gasteiger partial charge in [-0.3, -0.25) is 19.2 Å². The Balaban J connectivity index is 2.33. The summed E-state index contributed by atoms with van der Waals surface area (Å²) in [6.45, 7) is 3.63. The largest absolute Gasteiger partial charge is 0.508 e.